The lowest BCUT2D eigenvalue weighted by Gasteiger charge is -2.32. The zero-order chi connectivity index (χ0) is 18.3. The Morgan fingerprint density at radius 2 is 2.04 bits per heavy atom. The molecule has 0 saturated carbocycles. The van der Waals surface area contributed by atoms with Gasteiger partial charge in [-0.2, -0.15) is 0 Å². The summed E-state index contributed by atoms with van der Waals surface area (Å²) in [6.07, 6.45) is 1.62. The fourth-order valence-corrected chi connectivity index (χ4v) is 3.29. The molecule has 1 N–H and O–H groups in total. The lowest BCUT2D eigenvalue weighted by molar-refractivity contribution is -0.137. The summed E-state index contributed by atoms with van der Waals surface area (Å²) in [5.74, 6) is 2.24. The molecule has 3 aromatic rings. The van der Waals surface area contributed by atoms with Gasteiger partial charge in [-0.1, -0.05) is 12.1 Å². The summed E-state index contributed by atoms with van der Waals surface area (Å²) in [6.45, 7) is 4.75. The van der Waals surface area contributed by atoms with Gasteiger partial charge in [0.25, 0.3) is 0 Å². The first-order valence-electron chi connectivity index (χ1n) is 8.44. The van der Waals surface area contributed by atoms with Crippen LogP contribution in [-0.2, 0) is 17.9 Å². The molecule has 0 fully saturated rings. The Morgan fingerprint density at radius 3 is 2.69 bits per heavy atom. The third-order valence-electron chi connectivity index (χ3n) is 4.73. The number of methoxy groups -OCH3 is 1. The number of amides is 1. The van der Waals surface area contributed by atoms with Gasteiger partial charge >= 0.3 is 0 Å². The molecule has 1 amide bonds. The Kier molecular flexibility index (Phi) is 3.95. The van der Waals surface area contributed by atoms with Crippen LogP contribution in [0.1, 0.15) is 30.0 Å². The fraction of sp³-hybridized carbons (Fsp3) is 0.333. The van der Waals surface area contributed by atoms with E-state index in [1.54, 1.807) is 18.3 Å². The number of aromatic nitrogens is 5. The molecule has 0 radical (unpaired) electrons. The van der Waals surface area contributed by atoms with E-state index in [0.717, 1.165) is 28.5 Å². The molecule has 8 nitrogen and oxygen atoms in total. The van der Waals surface area contributed by atoms with Crippen LogP contribution in [0, 0.1) is 6.92 Å². The van der Waals surface area contributed by atoms with Crippen molar-refractivity contribution >= 4 is 5.91 Å². The Labute approximate surface area is 150 Å². The quantitative estimate of drug-likeness (QED) is 0.777. The number of H-pyrrole nitrogens is 1. The second kappa shape index (κ2) is 6.29. The molecule has 2 aromatic heterocycles. The SMILES string of the molecule is COc1ccc(CN2Cc3nnc(-c4nc[nH]c4C)n3[C@@H](C)C2=O)cc1. The Bertz CT molecular complexity index is 943. The van der Waals surface area contributed by atoms with Crippen molar-refractivity contribution in [2.75, 3.05) is 7.11 Å². The maximum absolute atomic E-state index is 12.9. The summed E-state index contributed by atoms with van der Waals surface area (Å²) < 4.78 is 7.07. The third-order valence-corrected chi connectivity index (χ3v) is 4.73. The van der Waals surface area contributed by atoms with Gasteiger partial charge in [-0.15, -0.1) is 10.2 Å². The number of carbonyl (C=O) groups is 1. The fourth-order valence-electron chi connectivity index (χ4n) is 3.29. The zero-order valence-corrected chi connectivity index (χ0v) is 14.9. The first-order chi connectivity index (χ1) is 12.6. The number of nitrogens with zero attached hydrogens (tertiary/aromatic N) is 5. The number of imidazole rings is 1. The van der Waals surface area contributed by atoms with Crippen molar-refractivity contribution in [3.05, 3.63) is 47.7 Å². The van der Waals surface area contributed by atoms with Gasteiger partial charge in [0.2, 0.25) is 5.91 Å². The predicted molar refractivity (Wildman–Crippen MR) is 94.3 cm³/mol. The van der Waals surface area contributed by atoms with E-state index in [0.29, 0.717) is 18.9 Å². The number of aryl methyl sites for hydroxylation is 1. The Morgan fingerprint density at radius 1 is 1.27 bits per heavy atom. The summed E-state index contributed by atoms with van der Waals surface area (Å²) in [7, 11) is 1.64. The van der Waals surface area contributed by atoms with Crippen molar-refractivity contribution in [3.8, 4) is 17.3 Å². The molecule has 3 heterocycles. The lowest BCUT2D eigenvalue weighted by Crippen LogP contribution is -2.41. The van der Waals surface area contributed by atoms with Crippen LogP contribution in [0.5, 0.6) is 5.75 Å². The molecule has 0 spiro atoms. The van der Waals surface area contributed by atoms with Gasteiger partial charge in [0, 0.05) is 12.2 Å². The van der Waals surface area contributed by atoms with Crippen LogP contribution in [-0.4, -0.2) is 42.6 Å². The van der Waals surface area contributed by atoms with Crippen molar-refractivity contribution < 1.29 is 9.53 Å². The molecule has 0 saturated heterocycles. The van der Waals surface area contributed by atoms with Gasteiger partial charge in [-0.05, 0) is 31.5 Å². The topological polar surface area (TPSA) is 88.9 Å². The number of carbonyl (C=O) groups excluding carboxylic acids is 1. The molecule has 8 heteroatoms. The molecular weight excluding hydrogens is 332 g/mol. The minimum Gasteiger partial charge on any atom is -0.497 e. The number of fused-ring (bicyclic) bond motifs is 1. The molecule has 1 aliphatic rings. The summed E-state index contributed by atoms with van der Waals surface area (Å²) in [5, 5.41) is 8.59. The normalized spacial score (nSPS) is 16.7. The van der Waals surface area contributed by atoms with E-state index < -0.39 is 0 Å². The highest BCUT2D eigenvalue weighted by atomic mass is 16.5. The van der Waals surface area contributed by atoms with E-state index in [-0.39, 0.29) is 11.9 Å². The summed E-state index contributed by atoms with van der Waals surface area (Å²) in [4.78, 5) is 22.1. The van der Waals surface area contributed by atoms with Gasteiger partial charge in [-0.3, -0.25) is 9.36 Å². The monoisotopic (exact) mass is 352 g/mol. The average Bonchev–Trinajstić information content (AvgIpc) is 3.25. The van der Waals surface area contributed by atoms with Crippen LogP contribution in [0.4, 0.5) is 0 Å². The van der Waals surface area contributed by atoms with E-state index in [9.17, 15) is 4.79 Å². The van der Waals surface area contributed by atoms with Crippen LogP contribution in [0.2, 0.25) is 0 Å². The molecule has 1 atom stereocenters. The van der Waals surface area contributed by atoms with Crippen LogP contribution >= 0.6 is 0 Å². The molecule has 0 bridgehead atoms. The highest BCUT2D eigenvalue weighted by Gasteiger charge is 2.34. The van der Waals surface area contributed by atoms with Gasteiger partial charge in [-0.25, -0.2) is 4.98 Å². The largest absolute Gasteiger partial charge is 0.497 e. The van der Waals surface area contributed by atoms with Crippen molar-refractivity contribution in [2.24, 2.45) is 0 Å². The van der Waals surface area contributed by atoms with Gasteiger partial charge in [0.15, 0.2) is 11.6 Å². The number of hydrogen-bond acceptors (Lipinski definition) is 5. The highest BCUT2D eigenvalue weighted by molar-refractivity contribution is 5.82. The maximum Gasteiger partial charge on any atom is 0.246 e. The van der Waals surface area contributed by atoms with E-state index in [1.165, 1.54) is 0 Å². The third kappa shape index (κ3) is 2.63. The van der Waals surface area contributed by atoms with Crippen LogP contribution < -0.4 is 4.74 Å². The van der Waals surface area contributed by atoms with E-state index in [2.05, 4.69) is 20.2 Å². The molecule has 1 aliphatic heterocycles. The number of nitrogens with one attached hydrogen (secondary N) is 1. The molecule has 4 rings (SSSR count). The van der Waals surface area contributed by atoms with Crippen molar-refractivity contribution in [1.29, 1.82) is 0 Å². The highest BCUT2D eigenvalue weighted by Crippen LogP contribution is 2.29. The van der Waals surface area contributed by atoms with Crippen LogP contribution in [0.15, 0.2) is 30.6 Å². The molecule has 0 aliphatic carbocycles. The number of rotatable bonds is 4. The number of aromatic amines is 1. The number of hydrogen-bond donors (Lipinski definition) is 1. The lowest BCUT2D eigenvalue weighted by atomic mass is 10.1. The molecule has 1 aromatic carbocycles. The molecule has 134 valence electrons. The predicted octanol–water partition coefficient (Wildman–Crippen LogP) is 2.09. The minimum atomic E-state index is -0.377. The number of benzene rings is 1. The second-order valence-corrected chi connectivity index (χ2v) is 6.40. The Balaban J connectivity index is 1.62. The van der Waals surface area contributed by atoms with Crippen molar-refractivity contribution in [3.63, 3.8) is 0 Å². The van der Waals surface area contributed by atoms with Crippen molar-refractivity contribution in [2.45, 2.75) is 33.0 Å². The van der Waals surface area contributed by atoms with E-state index in [4.69, 9.17) is 4.74 Å². The maximum atomic E-state index is 12.9. The van der Waals surface area contributed by atoms with Gasteiger partial charge in [0.1, 0.15) is 17.5 Å². The standard InChI is InChI=1S/C18H20N6O2/c1-11-16(20-10-19-11)17-22-21-15-9-23(18(25)12(2)24(15)17)8-13-4-6-14(26-3)7-5-13/h4-7,10,12H,8-9H2,1-3H3,(H,19,20)/t12-/m0/s1. The average molecular weight is 352 g/mol. The smallest absolute Gasteiger partial charge is 0.246 e. The number of ether oxygens (including phenoxy) is 1. The molecular formula is C18H20N6O2. The van der Waals surface area contributed by atoms with Crippen LogP contribution in [0.25, 0.3) is 11.5 Å². The first-order valence-corrected chi connectivity index (χ1v) is 8.44. The summed E-state index contributed by atoms with van der Waals surface area (Å²) in [5.41, 5.74) is 2.68. The van der Waals surface area contributed by atoms with E-state index >= 15 is 0 Å². The van der Waals surface area contributed by atoms with Gasteiger partial charge < -0.3 is 14.6 Å². The zero-order valence-electron chi connectivity index (χ0n) is 14.9. The van der Waals surface area contributed by atoms with Gasteiger partial charge in [0.05, 0.1) is 20.0 Å². The van der Waals surface area contributed by atoms with Crippen molar-refractivity contribution in [1.82, 2.24) is 29.6 Å². The van der Waals surface area contributed by atoms with E-state index in [1.807, 2.05) is 42.7 Å². The molecule has 0 unspecified atom stereocenters. The molecule has 26 heavy (non-hydrogen) atoms. The summed E-state index contributed by atoms with van der Waals surface area (Å²) in [6, 6.07) is 7.35. The first kappa shape index (κ1) is 16.3. The van der Waals surface area contributed by atoms with Crippen LogP contribution in [0.3, 0.4) is 0 Å². The Hall–Kier alpha value is -3.16. The summed E-state index contributed by atoms with van der Waals surface area (Å²) >= 11 is 0. The second-order valence-electron chi connectivity index (χ2n) is 6.40. The minimum absolute atomic E-state index is 0.0440.